The molecule has 0 amide bonds. The highest BCUT2D eigenvalue weighted by Gasteiger charge is 2.09. The molecule has 4 nitrogen and oxygen atoms in total. The molecular formula is C15H11ClN4. The third-order valence-electron chi connectivity index (χ3n) is 3.16. The molecule has 0 unspecified atom stereocenters. The van der Waals surface area contributed by atoms with E-state index in [2.05, 4.69) is 11.1 Å². The van der Waals surface area contributed by atoms with E-state index in [9.17, 15) is 0 Å². The largest absolute Gasteiger partial charge is 0.369 e. The van der Waals surface area contributed by atoms with Crippen molar-refractivity contribution in [3.8, 4) is 6.07 Å². The van der Waals surface area contributed by atoms with Crippen molar-refractivity contribution in [1.29, 1.82) is 5.26 Å². The molecule has 3 aromatic rings. The molecule has 1 heterocycles. The van der Waals surface area contributed by atoms with Gasteiger partial charge in [0.15, 0.2) is 0 Å². The Kier molecular flexibility index (Phi) is 3.05. The van der Waals surface area contributed by atoms with E-state index in [4.69, 9.17) is 22.6 Å². The molecule has 0 fully saturated rings. The summed E-state index contributed by atoms with van der Waals surface area (Å²) in [6.07, 6.45) is 0. The lowest BCUT2D eigenvalue weighted by molar-refractivity contribution is 0.838. The maximum Gasteiger partial charge on any atom is 0.201 e. The second-order valence-electron chi connectivity index (χ2n) is 4.50. The fraction of sp³-hybridized carbons (Fsp3) is 0.0667. The molecule has 0 spiro atoms. The molecule has 0 saturated carbocycles. The van der Waals surface area contributed by atoms with Gasteiger partial charge in [0.05, 0.1) is 29.2 Å². The number of fused-ring (bicyclic) bond motifs is 1. The van der Waals surface area contributed by atoms with Crippen molar-refractivity contribution in [2.75, 3.05) is 5.73 Å². The Hall–Kier alpha value is -2.51. The predicted molar refractivity (Wildman–Crippen MR) is 79.4 cm³/mol. The summed E-state index contributed by atoms with van der Waals surface area (Å²) < 4.78 is 1.92. The molecule has 98 valence electrons. The van der Waals surface area contributed by atoms with Gasteiger partial charge in [-0.15, -0.1) is 0 Å². The van der Waals surface area contributed by atoms with Gasteiger partial charge in [0.2, 0.25) is 5.95 Å². The molecule has 1 aromatic heterocycles. The lowest BCUT2D eigenvalue weighted by atomic mass is 10.1. The minimum Gasteiger partial charge on any atom is -0.369 e. The number of hydrogen-bond acceptors (Lipinski definition) is 3. The van der Waals surface area contributed by atoms with Crippen LogP contribution in [0.15, 0.2) is 42.5 Å². The van der Waals surface area contributed by atoms with Gasteiger partial charge in [0, 0.05) is 5.02 Å². The van der Waals surface area contributed by atoms with Crippen LogP contribution >= 0.6 is 11.6 Å². The number of imidazole rings is 1. The summed E-state index contributed by atoms with van der Waals surface area (Å²) in [5, 5.41) is 9.44. The SMILES string of the molecule is N#Cc1ccc(Cn2c(N)nc3cc(Cl)ccc32)cc1. The normalized spacial score (nSPS) is 10.6. The number of rotatable bonds is 2. The molecule has 0 aliphatic heterocycles. The Morgan fingerprint density at radius 3 is 2.65 bits per heavy atom. The van der Waals surface area contributed by atoms with E-state index >= 15 is 0 Å². The summed E-state index contributed by atoms with van der Waals surface area (Å²) in [7, 11) is 0. The Bertz CT molecular complexity index is 812. The van der Waals surface area contributed by atoms with Crippen LogP contribution in [-0.2, 0) is 6.54 Å². The smallest absolute Gasteiger partial charge is 0.201 e. The number of halogens is 1. The van der Waals surface area contributed by atoms with Crippen molar-refractivity contribution < 1.29 is 0 Å². The first kappa shape index (κ1) is 12.5. The molecule has 2 aromatic carbocycles. The minimum absolute atomic E-state index is 0.451. The molecule has 20 heavy (non-hydrogen) atoms. The number of hydrogen-bond donors (Lipinski definition) is 1. The third-order valence-corrected chi connectivity index (χ3v) is 3.40. The highest BCUT2D eigenvalue weighted by Crippen LogP contribution is 2.22. The van der Waals surface area contributed by atoms with E-state index in [0.717, 1.165) is 16.6 Å². The van der Waals surface area contributed by atoms with Gasteiger partial charge >= 0.3 is 0 Å². The third kappa shape index (κ3) is 2.20. The monoisotopic (exact) mass is 282 g/mol. The number of anilines is 1. The van der Waals surface area contributed by atoms with Crippen LogP contribution in [0, 0.1) is 11.3 Å². The maximum atomic E-state index is 8.80. The summed E-state index contributed by atoms with van der Waals surface area (Å²) >= 11 is 5.95. The molecule has 0 saturated heterocycles. The topological polar surface area (TPSA) is 67.6 Å². The predicted octanol–water partition coefficient (Wildman–Crippen LogP) is 3.19. The first-order valence-corrected chi connectivity index (χ1v) is 6.45. The van der Waals surface area contributed by atoms with Crippen molar-refractivity contribution >= 4 is 28.6 Å². The van der Waals surface area contributed by atoms with Crippen LogP contribution < -0.4 is 5.73 Å². The van der Waals surface area contributed by atoms with E-state index in [-0.39, 0.29) is 0 Å². The zero-order valence-electron chi connectivity index (χ0n) is 10.5. The summed E-state index contributed by atoms with van der Waals surface area (Å²) in [5.41, 5.74) is 9.39. The van der Waals surface area contributed by atoms with Crippen LogP contribution in [0.1, 0.15) is 11.1 Å². The lowest BCUT2D eigenvalue weighted by Crippen LogP contribution is -2.04. The average molecular weight is 283 g/mol. The van der Waals surface area contributed by atoms with Crippen LogP contribution in [-0.4, -0.2) is 9.55 Å². The van der Waals surface area contributed by atoms with Crippen molar-refractivity contribution in [2.24, 2.45) is 0 Å². The number of nitrogens with zero attached hydrogens (tertiary/aromatic N) is 3. The van der Waals surface area contributed by atoms with Crippen LogP contribution in [0.25, 0.3) is 11.0 Å². The molecule has 5 heteroatoms. The Morgan fingerprint density at radius 1 is 1.20 bits per heavy atom. The molecule has 3 rings (SSSR count). The number of aromatic nitrogens is 2. The average Bonchev–Trinajstić information content (AvgIpc) is 2.75. The Morgan fingerprint density at radius 2 is 1.95 bits per heavy atom. The first-order valence-electron chi connectivity index (χ1n) is 6.07. The van der Waals surface area contributed by atoms with Crippen molar-refractivity contribution in [3.63, 3.8) is 0 Å². The van der Waals surface area contributed by atoms with E-state index in [0.29, 0.717) is 23.1 Å². The molecule has 0 aliphatic rings. The Balaban J connectivity index is 2.01. The first-order chi connectivity index (χ1) is 9.67. The quantitative estimate of drug-likeness (QED) is 0.785. The number of nitrogens with two attached hydrogens (primary N) is 1. The lowest BCUT2D eigenvalue weighted by Gasteiger charge is -2.06. The van der Waals surface area contributed by atoms with Crippen LogP contribution in [0.2, 0.25) is 5.02 Å². The van der Waals surface area contributed by atoms with Crippen molar-refractivity contribution in [1.82, 2.24) is 9.55 Å². The summed E-state index contributed by atoms with van der Waals surface area (Å²) in [6, 6.07) is 15.0. The second-order valence-corrected chi connectivity index (χ2v) is 4.93. The number of nitriles is 1. The molecule has 0 radical (unpaired) electrons. The second kappa shape index (κ2) is 4.87. The zero-order valence-corrected chi connectivity index (χ0v) is 11.3. The molecule has 2 N–H and O–H groups in total. The van der Waals surface area contributed by atoms with E-state index in [1.54, 1.807) is 18.2 Å². The number of benzene rings is 2. The minimum atomic E-state index is 0.451. The summed E-state index contributed by atoms with van der Waals surface area (Å²) in [6.45, 7) is 0.607. The van der Waals surface area contributed by atoms with E-state index in [1.165, 1.54) is 0 Å². The van der Waals surface area contributed by atoms with Gasteiger partial charge in [-0.25, -0.2) is 4.98 Å². The number of nitrogen functional groups attached to an aromatic ring is 1. The van der Waals surface area contributed by atoms with Gasteiger partial charge in [-0.3, -0.25) is 0 Å². The van der Waals surface area contributed by atoms with E-state index in [1.807, 2.05) is 28.8 Å². The summed E-state index contributed by atoms with van der Waals surface area (Å²) in [4.78, 5) is 4.31. The van der Waals surface area contributed by atoms with E-state index < -0.39 is 0 Å². The standard InChI is InChI=1S/C15H11ClN4/c16-12-5-6-14-13(7-12)19-15(18)20(14)9-11-3-1-10(8-17)2-4-11/h1-7H,9H2,(H2,18,19). The van der Waals surface area contributed by atoms with Crippen molar-refractivity contribution in [2.45, 2.75) is 6.54 Å². The highest BCUT2D eigenvalue weighted by atomic mass is 35.5. The van der Waals surface area contributed by atoms with Crippen molar-refractivity contribution in [3.05, 3.63) is 58.6 Å². The molecule has 0 bridgehead atoms. The van der Waals surface area contributed by atoms with Gasteiger partial charge in [-0.2, -0.15) is 5.26 Å². The maximum absolute atomic E-state index is 8.80. The van der Waals surface area contributed by atoms with Gasteiger partial charge in [-0.1, -0.05) is 23.7 Å². The van der Waals surface area contributed by atoms with Gasteiger partial charge in [0.1, 0.15) is 0 Å². The molecular weight excluding hydrogens is 272 g/mol. The van der Waals surface area contributed by atoms with Crippen LogP contribution in [0.4, 0.5) is 5.95 Å². The zero-order chi connectivity index (χ0) is 14.1. The Labute approximate surface area is 121 Å². The van der Waals surface area contributed by atoms with Crippen LogP contribution in [0.3, 0.4) is 0 Å². The highest BCUT2D eigenvalue weighted by molar-refractivity contribution is 6.31. The van der Waals surface area contributed by atoms with Gasteiger partial charge in [0.25, 0.3) is 0 Å². The fourth-order valence-corrected chi connectivity index (χ4v) is 2.32. The van der Waals surface area contributed by atoms with Gasteiger partial charge < -0.3 is 10.3 Å². The van der Waals surface area contributed by atoms with Gasteiger partial charge in [-0.05, 0) is 35.9 Å². The van der Waals surface area contributed by atoms with Crippen LogP contribution in [0.5, 0.6) is 0 Å². The molecule has 0 aliphatic carbocycles. The fourth-order valence-electron chi connectivity index (χ4n) is 2.15. The summed E-state index contributed by atoms with van der Waals surface area (Å²) in [5.74, 6) is 0.451. The molecule has 0 atom stereocenters.